The first kappa shape index (κ1) is 17.3. The van der Waals surface area contributed by atoms with E-state index in [-0.39, 0.29) is 17.9 Å². The van der Waals surface area contributed by atoms with Crippen molar-refractivity contribution < 1.29 is 19.1 Å². The van der Waals surface area contributed by atoms with E-state index in [1.165, 1.54) is 11.3 Å². The van der Waals surface area contributed by atoms with Crippen LogP contribution in [0.4, 0.5) is 0 Å². The van der Waals surface area contributed by atoms with Crippen molar-refractivity contribution in [2.24, 2.45) is 0 Å². The van der Waals surface area contributed by atoms with Crippen LogP contribution in [0.15, 0.2) is 47.1 Å². The number of esters is 1. The third kappa shape index (κ3) is 3.95. The Morgan fingerprint density at radius 2 is 2.12 bits per heavy atom. The van der Waals surface area contributed by atoms with Crippen LogP contribution in [0.2, 0.25) is 5.02 Å². The van der Waals surface area contributed by atoms with Crippen molar-refractivity contribution in [3.63, 3.8) is 0 Å². The molecule has 0 unspecified atom stereocenters. The number of thiophene rings is 1. The van der Waals surface area contributed by atoms with Gasteiger partial charge in [-0.3, -0.25) is 0 Å². The predicted molar refractivity (Wildman–Crippen MR) is 98.5 cm³/mol. The number of carbonyl (C=O) groups excluding carboxylic acids is 1. The summed E-state index contributed by atoms with van der Waals surface area (Å²) in [5.41, 5.74) is 0.966. The smallest absolute Gasteiger partial charge is 0.343 e. The van der Waals surface area contributed by atoms with Gasteiger partial charge in [0.2, 0.25) is 0 Å². The highest BCUT2D eigenvalue weighted by atomic mass is 35.5. The van der Waals surface area contributed by atoms with E-state index >= 15 is 0 Å². The lowest BCUT2D eigenvalue weighted by Crippen LogP contribution is -2.13. The van der Waals surface area contributed by atoms with Crippen LogP contribution in [0.25, 0.3) is 12.2 Å². The monoisotopic (exact) mass is 374 g/mol. The lowest BCUT2D eigenvalue weighted by Gasteiger charge is -2.00. The van der Waals surface area contributed by atoms with Gasteiger partial charge in [-0.1, -0.05) is 23.7 Å². The summed E-state index contributed by atoms with van der Waals surface area (Å²) < 4.78 is 11.5. The van der Waals surface area contributed by atoms with E-state index in [0.717, 1.165) is 5.56 Å². The Morgan fingerprint density at radius 1 is 1.28 bits per heavy atom. The molecule has 0 saturated carbocycles. The van der Waals surface area contributed by atoms with E-state index in [2.05, 4.69) is 0 Å². The normalized spacial score (nSPS) is 12.6. The zero-order valence-corrected chi connectivity index (χ0v) is 14.9. The number of halogens is 1. The van der Waals surface area contributed by atoms with Gasteiger partial charge in [0.1, 0.15) is 17.1 Å². The maximum atomic E-state index is 12.3. The van der Waals surface area contributed by atoms with Gasteiger partial charge in [-0.2, -0.15) is 0 Å². The SMILES string of the molecule is CCOC(=O)c1c(O)/c(=C/c2ccco2)s/c1=C\c1cccc(Cl)c1. The molecule has 1 aromatic carbocycles. The van der Waals surface area contributed by atoms with Gasteiger partial charge in [0, 0.05) is 15.6 Å². The van der Waals surface area contributed by atoms with Crippen molar-refractivity contribution in [3.8, 4) is 5.75 Å². The number of carbonyl (C=O) groups is 1. The van der Waals surface area contributed by atoms with Gasteiger partial charge in [-0.05, 0) is 42.8 Å². The average Bonchev–Trinajstić information content (AvgIpc) is 3.17. The zero-order valence-electron chi connectivity index (χ0n) is 13.4. The molecule has 0 bridgehead atoms. The highest BCUT2D eigenvalue weighted by Crippen LogP contribution is 2.16. The summed E-state index contributed by atoms with van der Waals surface area (Å²) in [5, 5.41) is 11.1. The van der Waals surface area contributed by atoms with Crippen LogP contribution >= 0.6 is 22.9 Å². The molecule has 0 fully saturated rings. The van der Waals surface area contributed by atoms with E-state index in [1.807, 2.05) is 12.1 Å². The highest BCUT2D eigenvalue weighted by Gasteiger charge is 2.18. The number of ether oxygens (including phenoxy) is 1. The Kier molecular flexibility index (Phi) is 5.26. The maximum Gasteiger partial charge on any atom is 0.343 e. The minimum absolute atomic E-state index is 0.117. The van der Waals surface area contributed by atoms with Gasteiger partial charge >= 0.3 is 5.97 Å². The van der Waals surface area contributed by atoms with Crippen molar-refractivity contribution in [2.75, 3.05) is 6.61 Å². The van der Waals surface area contributed by atoms with Crippen molar-refractivity contribution in [2.45, 2.75) is 6.92 Å². The standard InChI is InChI=1S/C19H15ClO4S/c1-2-23-19(22)17-15(10-12-5-3-6-13(20)9-12)25-16(18(17)21)11-14-7-4-8-24-14/h3-11,21H,2H2,1H3/b15-10-,16-11-. The minimum atomic E-state index is -0.566. The van der Waals surface area contributed by atoms with Crippen LogP contribution in [0.1, 0.15) is 28.6 Å². The Labute approximate surface area is 153 Å². The van der Waals surface area contributed by atoms with Crippen molar-refractivity contribution in [1.82, 2.24) is 0 Å². The molecule has 6 heteroatoms. The molecule has 0 saturated heterocycles. The summed E-state index contributed by atoms with van der Waals surface area (Å²) in [6.07, 6.45) is 5.02. The summed E-state index contributed by atoms with van der Waals surface area (Å²) in [4.78, 5) is 12.3. The summed E-state index contributed by atoms with van der Waals surface area (Å²) in [6.45, 7) is 1.94. The molecule has 0 atom stereocenters. The number of aromatic hydroxyl groups is 1. The fraction of sp³-hybridized carbons (Fsp3) is 0.105. The van der Waals surface area contributed by atoms with Crippen molar-refractivity contribution >= 4 is 41.1 Å². The molecule has 128 valence electrons. The molecule has 0 aliphatic heterocycles. The Bertz CT molecular complexity index is 1000. The van der Waals surface area contributed by atoms with Crippen LogP contribution in [0, 0.1) is 0 Å². The van der Waals surface area contributed by atoms with Crippen LogP contribution < -0.4 is 9.06 Å². The fourth-order valence-electron chi connectivity index (χ4n) is 2.31. The number of hydrogen-bond donors (Lipinski definition) is 1. The second-order valence-corrected chi connectivity index (χ2v) is 6.65. The summed E-state index contributed by atoms with van der Waals surface area (Å²) in [7, 11) is 0. The van der Waals surface area contributed by atoms with Crippen LogP contribution in [0.5, 0.6) is 5.75 Å². The van der Waals surface area contributed by atoms with Crippen LogP contribution in [-0.4, -0.2) is 17.7 Å². The van der Waals surface area contributed by atoms with Crippen molar-refractivity contribution in [3.05, 3.63) is 73.6 Å². The molecule has 3 aromatic rings. The molecule has 4 nitrogen and oxygen atoms in total. The van der Waals surface area contributed by atoms with Gasteiger partial charge in [-0.25, -0.2) is 4.79 Å². The van der Waals surface area contributed by atoms with Gasteiger partial charge in [0.25, 0.3) is 0 Å². The molecule has 0 radical (unpaired) electrons. The molecule has 25 heavy (non-hydrogen) atoms. The average molecular weight is 375 g/mol. The van der Waals surface area contributed by atoms with Crippen molar-refractivity contribution in [1.29, 1.82) is 0 Å². The van der Waals surface area contributed by atoms with E-state index in [0.29, 0.717) is 19.8 Å². The molecule has 2 heterocycles. The largest absolute Gasteiger partial charge is 0.506 e. The molecule has 0 aliphatic rings. The second-order valence-electron chi connectivity index (χ2n) is 5.13. The molecule has 0 spiro atoms. The number of furan rings is 1. The third-order valence-corrected chi connectivity index (χ3v) is 4.69. The first-order chi connectivity index (χ1) is 12.1. The van der Waals surface area contributed by atoms with E-state index in [9.17, 15) is 9.90 Å². The molecule has 0 aliphatic carbocycles. The number of rotatable bonds is 4. The lowest BCUT2D eigenvalue weighted by atomic mass is 10.2. The highest BCUT2D eigenvalue weighted by molar-refractivity contribution is 7.08. The van der Waals surface area contributed by atoms with Crippen LogP contribution in [0.3, 0.4) is 0 Å². The van der Waals surface area contributed by atoms with Crippen LogP contribution in [-0.2, 0) is 4.74 Å². The minimum Gasteiger partial charge on any atom is -0.506 e. The van der Waals surface area contributed by atoms with E-state index < -0.39 is 5.97 Å². The van der Waals surface area contributed by atoms with Gasteiger partial charge in [0.05, 0.1) is 17.4 Å². The fourth-order valence-corrected chi connectivity index (χ4v) is 3.59. The summed E-state index contributed by atoms with van der Waals surface area (Å²) in [6, 6.07) is 10.8. The second kappa shape index (κ2) is 7.59. The number of hydrogen-bond acceptors (Lipinski definition) is 5. The topological polar surface area (TPSA) is 59.7 Å². The van der Waals surface area contributed by atoms with E-state index in [1.54, 1.807) is 49.6 Å². The quantitative estimate of drug-likeness (QED) is 0.710. The Balaban J connectivity index is 2.21. The molecule has 0 amide bonds. The first-order valence-corrected chi connectivity index (χ1v) is 8.79. The lowest BCUT2D eigenvalue weighted by molar-refractivity contribution is 0.0522. The molecular weight excluding hydrogens is 360 g/mol. The van der Waals surface area contributed by atoms with Gasteiger partial charge in [-0.15, -0.1) is 11.3 Å². The number of benzene rings is 1. The molecular formula is C19H15ClO4S. The van der Waals surface area contributed by atoms with Gasteiger partial charge in [0.15, 0.2) is 0 Å². The summed E-state index contributed by atoms with van der Waals surface area (Å²) >= 11 is 7.29. The van der Waals surface area contributed by atoms with E-state index in [4.69, 9.17) is 20.8 Å². The Morgan fingerprint density at radius 3 is 2.80 bits per heavy atom. The predicted octanol–water partition coefficient (Wildman–Crippen LogP) is 3.53. The molecule has 3 rings (SSSR count). The molecule has 1 N–H and O–H groups in total. The zero-order chi connectivity index (χ0) is 17.8. The first-order valence-electron chi connectivity index (χ1n) is 7.60. The van der Waals surface area contributed by atoms with Gasteiger partial charge < -0.3 is 14.3 Å². The third-order valence-electron chi connectivity index (χ3n) is 3.38. The molecule has 2 aromatic heterocycles. The maximum absolute atomic E-state index is 12.3. The summed E-state index contributed by atoms with van der Waals surface area (Å²) in [5.74, 6) is -0.0991. The Hall–Kier alpha value is -2.50.